The van der Waals surface area contributed by atoms with Gasteiger partial charge in [0.2, 0.25) is 0 Å². The van der Waals surface area contributed by atoms with Crippen LogP contribution >= 0.6 is 0 Å². The normalized spacial score (nSPS) is 13.6. The maximum absolute atomic E-state index is 13.1. The average molecular weight is 473 g/mol. The minimum absolute atomic E-state index is 0.00203. The molecule has 0 unspecified atom stereocenters. The second-order valence-corrected chi connectivity index (χ2v) is 9.74. The van der Waals surface area contributed by atoms with Crippen molar-refractivity contribution in [1.29, 1.82) is 0 Å². The minimum atomic E-state index is -4.20. The molecule has 0 saturated carbocycles. The van der Waals surface area contributed by atoms with Crippen molar-refractivity contribution in [2.45, 2.75) is 64.9 Å². The maximum Gasteiger partial charge on any atom is 0.342 e. The molecule has 8 heteroatoms. The molecule has 3 rings (SSSR count). The number of hydrogen-bond donors (Lipinski definition) is 1. The smallest absolute Gasteiger partial charge is 0.342 e. The largest absolute Gasteiger partial charge is 0.481 e. The van der Waals surface area contributed by atoms with E-state index in [1.54, 1.807) is 12.1 Å². The zero-order valence-corrected chi connectivity index (χ0v) is 20.0. The topological polar surface area (TPSA) is 107 Å². The van der Waals surface area contributed by atoms with E-state index in [-0.39, 0.29) is 29.2 Å². The van der Waals surface area contributed by atoms with Crippen molar-refractivity contribution in [3.8, 4) is 5.75 Å². The molecular weight excluding hydrogens is 444 g/mol. The molecule has 0 radical (unpaired) electrons. The predicted octanol–water partition coefficient (Wildman–Crippen LogP) is 4.66. The van der Waals surface area contributed by atoms with Crippen molar-refractivity contribution >= 4 is 22.1 Å². The predicted molar refractivity (Wildman–Crippen MR) is 123 cm³/mol. The molecule has 2 aromatic carbocycles. The number of carbonyl (C=O) groups excluding carboxylic acids is 1. The molecule has 0 amide bonds. The standard InChI is InChI=1S/C25H28O7S/c1-5-19-17(4)21-14-31-25(28)23(21)24(20(19)12-8-16(3)9-13-22(26)27)32-33(29,30)18-10-6-15(2)7-11-18/h6-8,10-11H,5,9,12-14H2,1-4H3,(H,26,27)/b16-8+. The Hall–Kier alpha value is -3.13. The third kappa shape index (κ3) is 5.27. The van der Waals surface area contributed by atoms with Crippen molar-refractivity contribution in [2.24, 2.45) is 0 Å². The van der Waals surface area contributed by atoms with Gasteiger partial charge < -0.3 is 14.0 Å². The molecule has 0 aromatic heterocycles. The van der Waals surface area contributed by atoms with E-state index in [0.717, 1.165) is 22.3 Å². The van der Waals surface area contributed by atoms with Crippen LogP contribution in [-0.2, 0) is 39.1 Å². The summed E-state index contributed by atoms with van der Waals surface area (Å²) in [6.45, 7) is 7.59. The second kappa shape index (κ2) is 9.79. The summed E-state index contributed by atoms with van der Waals surface area (Å²) in [6.07, 6.45) is 3.14. The molecule has 0 spiro atoms. The van der Waals surface area contributed by atoms with Crippen molar-refractivity contribution in [3.63, 3.8) is 0 Å². The molecule has 176 valence electrons. The number of ether oxygens (including phenoxy) is 1. The van der Waals surface area contributed by atoms with Crippen LogP contribution < -0.4 is 4.18 Å². The number of esters is 1. The Morgan fingerprint density at radius 3 is 2.42 bits per heavy atom. The number of carboxylic acids is 1. The van der Waals surface area contributed by atoms with Crippen molar-refractivity contribution in [3.05, 3.63) is 69.3 Å². The Morgan fingerprint density at radius 1 is 1.15 bits per heavy atom. The van der Waals surface area contributed by atoms with Crippen LogP contribution in [0.15, 0.2) is 40.8 Å². The molecule has 0 saturated heterocycles. The van der Waals surface area contributed by atoms with Crippen LogP contribution in [0.2, 0.25) is 0 Å². The number of fused-ring (bicyclic) bond motifs is 1. The van der Waals surface area contributed by atoms with Gasteiger partial charge in [-0.3, -0.25) is 4.79 Å². The first-order chi connectivity index (χ1) is 15.5. The number of carboxylic acid groups (broad SMARTS) is 1. The molecule has 0 fully saturated rings. The molecule has 1 aliphatic rings. The molecular formula is C25H28O7S. The van der Waals surface area contributed by atoms with Gasteiger partial charge in [0.15, 0.2) is 5.75 Å². The van der Waals surface area contributed by atoms with Crippen LogP contribution in [-0.4, -0.2) is 25.5 Å². The van der Waals surface area contributed by atoms with Gasteiger partial charge in [-0.2, -0.15) is 8.42 Å². The van der Waals surface area contributed by atoms with E-state index in [9.17, 15) is 18.0 Å². The van der Waals surface area contributed by atoms with E-state index < -0.39 is 22.1 Å². The number of aliphatic carboxylic acids is 1. The Balaban J connectivity index is 2.13. The lowest BCUT2D eigenvalue weighted by atomic mass is 9.89. The summed E-state index contributed by atoms with van der Waals surface area (Å²) in [7, 11) is -4.20. The van der Waals surface area contributed by atoms with E-state index in [1.165, 1.54) is 12.1 Å². The lowest BCUT2D eigenvalue weighted by Crippen LogP contribution is -2.16. The third-order valence-electron chi connectivity index (χ3n) is 5.87. The molecule has 33 heavy (non-hydrogen) atoms. The molecule has 0 bridgehead atoms. The molecule has 0 atom stereocenters. The summed E-state index contributed by atoms with van der Waals surface area (Å²) in [5.41, 5.74) is 4.91. The summed E-state index contributed by atoms with van der Waals surface area (Å²) in [5.74, 6) is -1.50. The zero-order valence-electron chi connectivity index (χ0n) is 19.2. The van der Waals surface area contributed by atoms with Crippen molar-refractivity contribution in [2.75, 3.05) is 0 Å². The Bertz CT molecular complexity index is 1220. The van der Waals surface area contributed by atoms with Gasteiger partial charge in [-0.1, -0.05) is 36.3 Å². The number of allylic oxidation sites excluding steroid dienone is 2. The molecule has 1 aliphatic heterocycles. The van der Waals surface area contributed by atoms with Crippen LogP contribution in [0.5, 0.6) is 5.75 Å². The number of benzene rings is 2. The highest BCUT2D eigenvalue weighted by Crippen LogP contribution is 2.40. The van der Waals surface area contributed by atoms with Crippen molar-refractivity contribution in [1.82, 2.24) is 0 Å². The van der Waals surface area contributed by atoms with Gasteiger partial charge in [0.05, 0.1) is 0 Å². The van der Waals surface area contributed by atoms with Crippen LogP contribution in [0, 0.1) is 13.8 Å². The second-order valence-electron chi connectivity index (χ2n) is 8.19. The fourth-order valence-corrected chi connectivity index (χ4v) is 4.93. The highest BCUT2D eigenvalue weighted by molar-refractivity contribution is 7.87. The minimum Gasteiger partial charge on any atom is -0.481 e. The molecule has 7 nitrogen and oxygen atoms in total. The van der Waals surface area contributed by atoms with E-state index in [0.29, 0.717) is 30.4 Å². The number of rotatable bonds is 9. The molecule has 1 N–H and O–H groups in total. The monoisotopic (exact) mass is 472 g/mol. The first-order valence-corrected chi connectivity index (χ1v) is 12.2. The van der Waals surface area contributed by atoms with Crippen LogP contribution in [0.25, 0.3) is 0 Å². The van der Waals surface area contributed by atoms with Gasteiger partial charge >= 0.3 is 22.1 Å². The molecule has 2 aromatic rings. The van der Waals surface area contributed by atoms with E-state index in [4.69, 9.17) is 14.0 Å². The van der Waals surface area contributed by atoms with Crippen LogP contribution in [0.4, 0.5) is 0 Å². The number of hydrogen-bond acceptors (Lipinski definition) is 6. The van der Waals surface area contributed by atoms with Crippen molar-refractivity contribution < 1.29 is 32.0 Å². The lowest BCUT2D eigenvalue weighted by Gasteiger charge is -2.19. The van der Waals surface area contributed by atoms with Gasteiger partial charge in [-0.15, -0.1) is 0 Å². The Labute approximate surface area is 194 Å². The van der Waals surface area contributed by atoms with E-state index >= 15 is 0 Å². The number of carbonyl (C=O) groups is 2. The summed E-state index contributed by atoms with van der Waals surface area (Å²) < 4.78 is 37.1. The number of cyclic esters (lactones) is 1. The Kier molecular flexibility index (Phi) is 7.27. The van der Waals surface area contributed by atoms with Gasteiger partial charge in [0.25, 0.3) is 0 Å². The highest BCUT2D eigenvalue weighted by Gasteiger charge is 2.34. The van der Waals surface area contributed by atoms with Gasteiger partial charge in [0, 0.05) is 17.5 Å². The highest BCUT2D eigenvalue weighted by atomic mass is 32.2. The quantitative estimate of drug-likeness (QED) is 0.321. The summed E-state index contributed by atoms with van der Waals surface area (Å²) >= 11 is 0. The average Bonchev–Trinajstić information content (AvgIpc) is 3.15. The van der Waals surface area contributed by atoms with E-state index in [1.807, 2.05) is 33.8 Å². The summed E-state index contributed by atoms with van der Waals surface area (Å²) in [6, 6.07) is 6.29. The third-order valence-corrected chi connectivity index (χ3v) is 7.10. The van der Waals surface area contributed by atoms with E-state index in [2.05, 4.69) is 0 Å². The fourth-order valence-electron chi connectivity index (χ4n) is 3.96. The van der Waals surface area contributed by atoms with Gasteiger partial charge in [-0.25, -0.2) is 4.79 Å². The van der Waals surface area contributed by atoms with Crippen LogP contribution in [0.3, 0.4) is 0 Å². The summed E-state index contributed by atoms with van der Waals surface area (Å²) in [5, 5.41) is 8.93. The summed E-state index contributed by atoms with van der Waals surface area (Å²) in [4.78, 5) is 23.5. The molecule has 0 aliphatic carbocycles. The molecule has 1 heterocycles. The Morgan fingerprint density at radius 2 is 1.82 bits per heavy atom. The maximum atomic E-state index is 13.1. The lowest BCUT2D eigenvalue weighted by molar-refractivity contribution is -0.136. The van der Waals surface area contributed by atoms with Gasteiger partial charge in [-0.05, 0) is 63.3 Å². The zero-order chi connectivity index (χ0) is 24.3. The van der Waals surface area contributed by atoms with Gasteiger partial charge in [0.1, 0.15) is 17.1 Å². The SMILES string of the molecule is CCc1c(C)c2c(c(OS(=O)(=O)c3ccc(C)cc3)c1C/C=C(\C)CCC(=O)O)C(=O)OC2. The first-order valence-electron chi connectivity index (χ1n) is 10.8. The van der Waals surface area contributed by atoms with Crippen LogP contribution in [0.1, 0.15) is 64.9 Å². The first kappa shape index (κ1) is 24.5. The fraction of sp³-hybridized carbons (Fsp3) is 0.360. The number of aryl methyl sites for hydroxylation is 1.